The van der Waals surface area contributed by atoms with E-state index in [4.69, 9.17) is 10.00 Å². The van der Waals surface area contributed by atoms with Gasteiger partial charge >= 0.3 is 0 Å². The summed E-state index contributed by atoms with van der Waals surface area (Å²) in [6.45, 7) is 1.43. The van der Waals surface area contributed by atoms with Gasteiger partial charge in [-0.1, -0.05) is 12.1 Å². The molecule has 0 bridgehead atoms. The van der Waals surface area contributed by atoms with Gasteiger partial charge in [0.15, 0.2) is 0 Å². The van der Waals surface area contributed by atoms with Crippen molar-refractivity contribution in [3.63, 3.8) is 0 Å². The third-order valence-corrected chi connectivity index (χ3v) is 5.59. The first-order chi connectivity index (χ1) is 12.6. The highest BCUT2D eigenvalue weighted by molar-refractivity contribution is 7.89. The molecule has 2 heterocycles. The van der Waals surface area contributed by atoms with Gasteiger partial charge < -0.3 is 10.1 Å². The van der Waals surface area contributed by atoms with Crippen molar-refractivity contribution in [2.45, 2.75) is 30.4 Å². The first-order valence-corrected chi connectivity index (χ1v) is 9.86. The molecule has 1 aliphatic rings. The van der Waals surface area contributed by atoms with Gasteiger partial charge in [-0.3, -0.25) is 0 Å². The fourth-order valence-corrected chi connectivity index (χ4v) is 3.77. The molecule has 7 nitrogen and oxygen atoms in total. The molecule has 1 aromatic heterocycles. The summed E-state index contributed by atoms with van der Waals surface area (Å²) in [4.78, 5) is 4.35. The van der Waals surface area contributed by atoms with Crippen molar-refractivity contribution in [3.8, 4) is 6.07 Å². The van der Waals surface area contributed by atoms with Gasteiger partial charge in [0, 0.05) is 25.9 Å². The fraction of sp³-hybridized carbons (Fsp3) is 0.333. The zero-order chi connectivity index (χ0) is 18.4. The lowest BCUT2D eigenvalue weighted by Gasteiger charge is -2.12. The molecule has 0 spiro atoms. The Labute approximate surface area is 153 Å². The Hall–Kier alpha value is -2.47. The van der Waals surface area contributed by atoms with Gasteiger partial charge in [-0.15, -0.1) is 0 Å². The number of nitrogens with one attached hydrogen (secondary N) is 2. The van der Waals surface area contributed by atoms with E-state index in [2.05, 4.69) is 21.1 Å². The second-order valence-corrected chi connectivity index (χ2v) is 7.76. The van der Waals surface area contributed by atoms with E-state index >= 15 is 0 Å². The quantitative estimate of drug-likeness (QED) is 0.771. The van der Waals surface area contributed by atoms with E-state index in [0.717, 1.165) is 18.4 Å². The number of nitrogens with zero attached hydrogens (tertiary/aromatic N) is 2. The SMILES string of the molecule is N#Cc1cccnc1NCc1ccc(S(=O)(=O)NCC2CCCO2)cc1. The van der Waals surface area contributed by atoms with Crippen LogP contribution < -0.4 is 10.0 Å². The standard InChI is InChI=1S/C18H20N4O3S/c19-11-15-3-1-9-20-18(15)21-12-14-5-7-17(8-6-14)26(23,24)22-13-16-4-2-10-25-16/h1,3,5-9,16,22H,2,4,10,12-13H2,(H,20,21). The minimum Gasteiger partial charge on any atom is -0.377 e. The highest BCUT2D eigenvalue weighted by Gasteiger charge is 2.20. The van der Waals surface area contributed by atoms with E-state index in [1.807, 2.05) is 0 Å². The molecule has 1 aliphatic heterocycles. The molecular formula is C18H20N4O3S. The van der Waals surface area contributed by atoms with E-state index in [1.165, 1.54) is 0 Å². The first kappa shape index (κ1) is 18.3. The van der Waals surface area contributed by atoms with Crippen LogP contribution in [0.4, 0.5) is 5.82 Å². The minimum atomic E-state index is -3.55. The second-order valence-electron chi connectivity index (χ2n) is 6.00. The van der Waals surface area contributed by atoms with Crippen molar-refractivity contribution in [1.29, 1.82) is 5.26 Å². The molecule has 3 rings (SSSR count). The summed E-state index contributed by atoms with van der Waals surface area (Å²) < 4.78 is 32.7. The fourth-order valence-electron chi connectivity index (χ4n) is 2.70. The van der Waals surface area contributed by atoms with E-state index in [9.17, 15) is 8.42 Å². The minimum absolute atomic E-state index is 0.0408. The smallest absolute Gasteiger partial charge is 0.240 e. The largest absolute Gasteiger partial charge is 0.377 e. The summed E-state index contributed by atoms with van der Waals surface area (Å²) in [5.41, 5.74) is 1.35. The van der Waals surface area contributed by atoms with Crippen LogP contribution in [0.1, 0.15) is 24.0 Å². The summed E-state index contributed by atoms with van der Waals surface area (Å²) in [7, 11) is -3.55. The van der Waals surface area contributed by atoms with Crippen molar-refractivity contribution in [2.75, 3.05) is 18.5 Å². The number of nitriles is 1. The predicted octanol–water partition coefficient (Wildman–Crippen LogP) is 2.02. The maximum absolute atomic E-state index is 12.3. The molecule has 0 aliphatic carbocycles. The molecule has 1 atom stereocenters. The van der Waals surface area contributed by atoms with Crippen LogP contribution in [0, 0.1) is 11.3 Å². The van der Waals surface area contributed by atoms with Crippen molar-refractivity contribution in [2.24, 2.45) is 0 Å². The van der Waals surface area contributed by atoms with Crippen molar-refractivity contribution >= 4 is 15.8 Å². The topological polar surface area (TPSA) is 104 Å². The van der Waals surface area contributed by atoms with Gasteiger partial charge in [0.2, 0.25) is 10.0 Å². The van der Waals surface area contributed by atoms with Crippen molar-refractivity contribution < 1.29 is 13.2 Å². The van der Waals surface area contributed by atoms with Gasteiger partial charge in [-0.25, -0.2) is 18.1 Å². The van der Waals surface area contributed by atoms with Crippen LogP contribution in [0.15, 0.2) is 47.5 Å². The molecular weight excluding hydrogens is 352 g/mol. The monoisotopic (exact) mass is 372 g/mol. The number of ether oxygens (including phenoxy) is 1. The molecule has 8 heteroatoms. The third-order valence-electron chi connectivity index (χ3n) is 4.15. The highest BCUT2D eigenvalue weighted by atomic mass is 32.2. The molecule has 1 fully saturated rings. The summed E-state index contributed by atoms with van der Waals surface area (Å²) in [5, 5.41) is 12.1. The summed E-state index contributed by atoms with van der Waals surface area (Å²) in [5.74, 6) is 0.505. The Morgan fingerprint density at radius 3 is 2.77 bits per heavy atom. The predicted molar refractivity (Wildman–Crippen MR) is 96.9 cm³/mol. The Kier molecular flexibility index (Phi) is 5.83. The summed E-state index contributed by atoms with van der Waals surface area (Å²) >= 11 is 0. The van der Waals surface area contributed by atoms with E-state index in [1.54, 1.807) is 42.6 Å². The van der Waals surface area contributed by atoms with Gasteiger partial charge in [0.1, 0.15) is 11.9 Å². The zero-order valence-corrected chi connectivity index (χ0v) is 15.0. The average Bonchev–Trinajstić information content (AvgIpc) is 3.19. The van der Waals surface area contributed by atoms with Gasteiger partial charge in [0.05, 0.1) is 16.6 Å². The summed E-state index contributed by atoms with van der Waals surface area (Å²) in [6, 6.07) is 12.1. The van der Waals surface area contributed by atoms with E-state index < -0.39 is 10.0 Å². The lowest BCUT2D eigenvalue weighted by atomic mass is 10.2. The highest BCUT2D eigenvalue weighted by Crippen LogP contribution is 2.15. The van der Waals surface area contributed by atoms with Crippen LogP contribution in [0.5, 0.6) is 0 Å². The number of sulfonamides is 1. The number of anilines is 1. The second kappa shape index (κ2) is 8.27. The number of hydrogen-bond acceptors (Lipinski definition) is 6. The van der Waals surface area contributed by atoms with Crippen LogP contribution in [-0.4, -0.2) is 32.7 Å². The van der Waals surface area contributed by atoms with E-state index in [0.29, 0.717) is 31.1 Å². The van der Waals surface area contributed by atoms with Crippen LogP contribution in [-0.2, 0) is 21.3 Å². The number of hydrogen-bond donors (Lipinski definition) is 2. The molecule has 2 aromatic rings. The van der Waals surface area contributed by atoms with E-state index in [-0.39, 0.29) is 11.0 Å². The third kappa shape index (κ3) is 4.58. The number of pyridine rings is 1. The average molecular weight is 372 g/mol. The Balaban J connectivity index is 1.59. The van der Waals surface area contributed by atoms with Crippen LogP contribution in [0.2, 0.25) is 0 Å². The molecule has 136 valence electrons. The Morgan fingerprint density at radius 2 is 2.08 bits per heavy atom. The zero-order valence-electron chi connectivity index (χ0n) is 14.2. The number of rotatable bonds is 7. The van der Waals surface area contributed by atoms with Gasteiger partial charge in [0.25, 0.3) is 0 Å². The molecule has 0 radical (unpaired) electrons. The Bertz CT molecular complexity index is 885. The molecule has 26 heavy (non-hydrogen) atoms. The van der Waals surface area contributed by atoms with Crippen molar-refractivity contribution in [1.82, 2.24) is 9.71 Å². The molecule has 2 N–H and O–H groups in total. The molecule has 0 saturated carbocycles. The first-order valence-electron chi connectivity index (χ1n) is 8.38. The normalized spacial score (nSPS) is 17.0. The van der Waals surface area contributed by atoms with Crippen LogP contribution in [0.3, 0.4) is 0 Å². The van der Waals surface area contributed by atoms with Crippen LogP contribution >= 0.6 is 0 Å². The maximum Gasteiger partial charge on any atom is 0.240 e. The molecule has 1 aromatic carbocycles. The number of benzene rings is 1. The lowest BCUT2D eigenvalue weighted by Crippen LogP contribution is -2.31. The molecule has 1 unspecified atom stereocenters. The van der Waals surface area contributed by atoms with Gasteiger partial charge in [-0.2, -0.15) is 5.26 Å². The number of aromatic nitrogens is 1. The van der Waals surface area contributed by atoms with Gasteiger partial charge in [-0.05, 0) is 42.7 Å². The Morgan fingerprint density at radius 1 is 1.27 bits per heavy atom. The summed E-state index contributed by atoms with van der Waals surface area (Å²) in [6.07, 6.45) is 3.42. The van der Waals surface area contributed by atoms with Crippen molar-refractivity contribution in [3.05, 3.63) is 53.7 Å². The molecule has 1 saturated heterocycles. The molecule has 0 amide bonds. The lowest BCUT2D eigenvalue weighted by molar-refractivity contribution is 0.114. The maximum atomic E-state index is 12.3. The van der Waals surface area contributed by atoms with Crippen LogP contribution in [0.25, 0.3) is 0 Å².